The maximum Gasteiger partial charge on any atom is 0.191 e. The second-order valence-electron chi connectivity index (χ2n) is 5.59. The van der Waals surface area contributed by atoms with Crippen molar-refractivity contribution in [2.75, 3.05) is 24.6 Å². The van der Waals surface area contributed by atoms with Gasteiger partial charge < -0.3 is 10.6 Å². The zero-order valence-corrected chi connectivity index (χ0v) is 16.6. The Morgan fingerprint density at radius 2 is 2.04 bits per heavy atom. The van der Waals surface area contributed by atoms with Crippen LogP contribution in [0.3, 0.4) is 0 Å². The second-order valence-corrected chi connectivity index (χ2v) is 7.82. The molecule has 1 atom stereocenters. The lowest BCUT2D eigenvalue weighted by atomic mass is 10.1. The van der Waals surface area contributed by atoms with Gasteiger partial charge in [-0.1, -0.05) is 30.3 Å². The van der Waals surface area contributed by atoms with E-state index in [1.165, 1.54) is 5.56 Å². The van der Waals surface area contributed by atoms with Gasteiger partial charge in [-0.3, -0.25) is 4.99 Å². The van der Waals surface area contributed by atoms with Gasteiger partial charge in [-0.2, -0.15) is 0 Å². The number of sulfone groups is 1. The van der Waals surface area contributed by atoms with E-state index in [1.807, 2.05) is 25.1 Å². The number of aliphatic imine (C=N–C) groups is 1. The highest BCUT2D eigenvalue weighted by Crippen LogP contribution is 2.11. The molecule has 2 N–H and O–H groups in total. The molecule has 1 aliphatic heterocycles. The summed E-state index contributed by atoms with van der Waals surface area (Å²) in [5, 5.41) is 6.41. The van der Waals surface area contributed by atoms with Gasteiger partial charge in [0.25, 0.3) is 0 Å². The van der Waals surface area contributed by atoms with Crippen LogP contribution >= 0.6 is 24.0 Å². The third kappa shape index (κ3) is 7.52. The minimum Gasteiger partial charge on any atom is -0.357 e. The highest BCUT2D eigenvalue weighted by atomic mass is 127. The van der Waals surface area contributed by atoms with Crippen LogP contribution in [0.4, 0.5) is 0 Å². The number of hydrogen-bond donors (Lipinski definition) is 2. The van der Waals surface area contributed by atoms with E-state index in [-0.39, 0.29) is 41.5 Å². The number of hydrogen-bond acceptors (Lipinski definition) is 3. The van der Waals surface area contributed by atoms with Gasteiger partial charge in [-0.15, -0.1) is 24.0 Å². The smallest absolute Gasteiger partial charge is 0.191 e. The second kappa shape index (κ2) is 10.1. The molecule has 2 rings (SSSR count). The Hall–Kier alpha value is -0.830. The van der Waals surface area contributed by atoms with Crippen molar-refractivity contribution in [3.05, 3.63) is 35.9 Å². The molecule has 7 heteroatoms. The van der Waals surface area contributed by atoms with Crippen LogP contribution in [0, 0.1) is 0 Å². The fourth-order valence-electron chi connectivity index (χ4n) is 2.54. The van der Waals surface area contributed by atoms with Gasteiger partial charge in [0.2, 0.25) is 0 Å². The molecule has 5 nitrogen and oxygen atoms in total. The minimum atomic E-state index is -2.86. The summed E-state index contributed by atoms with van der Waals surface area (Å²) in [6.45, 7) is 3.50. The minimum absolute atomic E-state index is 0. The Morgan fingerprint density at radius 1 is 1.30 bits per heavy atom. The highest BCUT2D eigenvalue weighted by molar-refractivity contribution is 14.0. The number of rotatable bonds is 6. The third-order valence-corrected chi connectivity index (χ3v) is 5.42. The van der Waals surface area contributed by atoms with Crippen molar-refractivity contribution in [3.63, 3.8) is 0 Å². The summed E-state index contributed by atoms with van der Waals surface area (Å²) in [7, 11) is -2.86. The van der Waals surface area contributed by atoms with Gasteiger partial charge in [-0.05, 0) is 31.7 Å². The van der Waals surface area contributed by atoms with Gasteiger partial charge >= 0.3 is 0 Å². The molecule has 1 heterocycles. The van der Waals surface area contributed by atoms with Crippen molar-refractivity contribution < 1.29 is 8.42 Å². The van der Waals surface area contributed by atoms with Crippen LogP contribution in [0.1, 0.15) is 25.3 Å². The summed E-state index contributed by atoms with van der Waals surface area (Å²) in [6.07, 6.45) is 2.64. The van der Waals surface area contributed by atoms with Crippen LogP contribution in [0.25, 0.3) is 0 Å². The molecule has 23 heavy (non-hydrogen) atoms. The van der Waals surface area contributed by atoms with Crippen molar-refractivity contribution in [3.8, 4) is 0 Å². The molecule has 1 aromatic carbocycles. The first-order valence-electron chi connectivity index (χ1n) is 7.88. The highest BCUT2D eigenvalue weighted by Gasteiger charge is 2.28. The first-order chi connectivity index (χ1) is 10.6. The fraction of sp³-hybridized carbons (Fsp3) is 0.562. The van der Waals surface area contributed by atoms with Gasteiger partial charge in [0.1, 0.15) is 0 Å². The molecule has 1 aromatic rings. The maximum absolute atomic E-state index is 11.5. The predicted octanol–water partition coefficient (Wildman–Crippen LogP) is 1.98. The lowest BCUT2D eigenvalue weighted by molar-refractivity contribution is 0.599. The van der Waals surface area contributed by atoms with Crippen LogP contribution < -0.4 is 10.6 Å². The quantitative estimate of drug-likeness (QED) is 0.301. The monoisotopic (exact) mass is 451 g/mol. The fourth-order valence-corrected chi connectivity index (χ4v) is 4.21. The van der Waals surface area contributed by atoms with E-state index in [9.17, 15) is 8.42 Å². The van der Waals surface area contributed by atoms with Crippen molar-refractivity contribution in [2.45, 2.75) is 32.2 Å². The molecule has 1 saturated heterocycles. The number of nitrogens with one attached hydrogen (secondary N) is 2. The summed E-state index contributed by atoms with van der Waals surface area (Å²) in [5.41, 5.74) is 1.32. The Labute approximate surface area is 156 Å². The van der Waals surface area contributed by atoms with Crippen LogP contribution in [0.5, 0.6) is 0 Å². The molecule has 0 amide bonds. The third-order valence-electron chi connectivity index (χ3n) is 3.65. The standard InChI is InChI=1S/C16H25N3O2S.HI/c1-2-17-16(19-15-10-12-22(20,21)13-15)18-11-6-9-14-7-4-3-5-8-14;/h3-5,7-8,15H,2,6,9-13H2,1H3,(H2,17,18,19);1H. The maximum atomic E-state index is 11.5. The molecule has 0 spiro atoms. The van der Waals surface area contributed by atoms with E-state index in [2.05, 4.69) is 27.8 Å². The topological polar surface area (TPSA) is 70.6 Å². The number of guanidine groups is 1. The number of benzene rings is 1. The summed E-state index contributed by atoms with van der Waals surface area (Å²) < 4.78 is 23.0. The van der Waals surface area contributed by atoms with E-state index < -0.39 is 9.84 Å². The number of halogens is 1. The van der Waals surface area contributed by atoms with E-state index in [0.29, 0.717) is 6.42 Å². The number of aryl methyl sites for hydroxylation is 1. The van der Waals surface area contributed by atoms with Crippen molar-refractivity contribution in [1.82, 2.24) is 10.6 Å². The Morgan fingerprint density at radius 3 is 2.65 bits per heavy atom. The lowest BCUT2D eigenvalue weighted by Crippen LogP contribution is -2.44. The SMILES string of the molecule is CCNC(=NCCCc1ccccc1)NC1CCS(=O)(=O)C1.I. The summed E-state index contributed by atoms with van der Waals surface area (Å²) in [6, 6.07) is 10.3. The Balaban J connectivity index is 0.00000264. The molecule has 1 unspecified atom stereocenters. The van der Waals surface area contributed by atoms with Crippen LogP contribution in [-0.4, -0.2) is 45.0 Å². The first-order valence-corrected chi connectivity index (χ1v) is 9.70. The molecule has 0 radical (unpaired) electrons. The molecular weight excluding hydrogens is 425 g/mol. The lowest BCUT2D eigenvalue weighted by Gasteiger charge is -2.15. The van der Waals surface area contributed by atoms with E-state index in [0.717, 1.165) is 31.9 Å². The van der Waals surface area contributed by atoms with Crippen molar-refractivity contribution in [1.29, 1.82) is 0 Å². The molecule has 0 bridgehead atoms. The largest absolute Gasteiger partial charge is 0.357 e. The Kier molecular flexibility index (Phi) is 8.90. The molecule has 130 valence electrons. The first kappa shape index (κ1) is 20.2. The normalized spacial score (nSPS) is 19.9. The van der Waals surface area contributed by atoms with Crippen LogP contribution in [0.15, 0.2) is 35.3 Å². The molecule has 0 aliphatic carbocycles. The molecule has 1 aliphatic rings. The molecular formula is C16H26IN3O2S. The Bertz CT molecular complexity index is 591. The molecule has 0 aromatic heterocycles. The summed E-state index contributed by atoms with van der Waals surface area (Å²) >= 11 is 0. The average Bonchev–Trinajstić information content (AvgIpc) is 2.84. The summed E-state index contributed by atoms with van der Waals surface area (Å²) in [5.74, 6) is 1.21. The molecule has 0 saturated carbocycles. The van der Waals surface area contributed by atoms with Crippen molar-refractivity contribution >= 4 is 39.8 Å². The van der Waals surface area contributed by atoms with Crippen molar-refractivity contribution in [2.24, 2.45) is 4.99 Å². The van der Waals surface area contributed by atoms with Crippen LogP contribution in [0.2, 0.25) is 0 Å². The van der Waals surface area contributed by atoms with E-state index >= 15 is 0 Å². The van der Waals surface area contributed by atoms with Gasteiger partial charge in [0.05, 0.1) is 11.5 Å². The zero-order chi connectivity index (χ0) is 15.8. The average molecular weight is 451 g/mol. The zero-order valence-electron chi connectivity index (χ0n) is 13.5. The summed E-state index contributed by atoms with van der Waals surface area (Å²) in [4.78, 5) is 4.54. The van der Waals surface area contributed by atoms with Crippen LogP contribution in [-0.2, 0) is 16.3 Å². The predicted molar refractivity (Wildman–Crippen MR) is 106 cm³/mol. The van der Waals surface area contributed by atoms with Gasteiger partial charge in [0.15, 0.2) is 15.8 Å². The van der Waals surface area contributed by atoms with Gasteiger partial charge in [-0.25, -0.2) is 8.42 Å². The van der Waals surface area contributed by atoms with E-state index in [4.69, 9.17) is 0 Å². The van der Waals surface area contributed by atoms with Gasteiger partial charge in [0, 0.05) is 19.1 Å². The molecule has 1 fully saturated rings. The van der Waals surface area contributed by atoms with E-state index in [1.54, 1.807) is 0 Å². The number of nitrogens with zero attached hydrogens (tertiary/aromatic N) is 1.